The van der Waals surface area contributed by atoms with Gasteiger partial charge < -0.3 is 37.1 Å². The largest absolute Gasteiger partial charge is 0.478 e. The average Bonchev–Trinajstić information content (AvgIpc) is 3.79. The van der Waals surface area contributed by atoms with E-state index in [1.807, 2.05) is 0 Å². The van der Waals surface area contributed by atoms with Gasteiger partial charge in [-0.05, 0) is 38.8 Å². The summed E-state index contributed by atoms with van der Waals surface area (Å²) in [5, 5.41) is 45.8. The van der Waals surface area contributed by atoms with Crippen molar-refractivity contribution in [2.75, 3.05) is 36.2 Å². The van der Waals surface area contributed by atoms with Crippen LogP contribution >= 0.6 is 22.7 Å². The highest BCUT2D eigenvalue weighted by molar-refractivity contribution is 7.20. The summed E-state index contributed by atoms with van der Waals surface area (Å²) in [4.78, 5) is 50.1. The number of hydrogen-bond donors (Lipinski definition) is 6. The normalized spacial score (nSPS) is 11.5. The molecule has 0 spiro atoms. The first kappa shape index (κ1) is 37.7. The lowest BCUT2D eigenvalue weighted by Gasteiger charge is -2.07. The van der Waals surface area contributed by atoms with Crippen molar-refractivity contribution in [1.29, 1.82) is 5.41 Å². The zero-order valence-electron chi connectivity index (χ0n) is 28.9. The number of ketones is 1. The zero-order valence-corrected chi connectivity index (χ0v) is 30.6. The first-order valence-corrected chi connectivity index (χ1v) is 16.8. The molecule has 0 bridgehead atoms. The van der Waals surface area contributed by atoms with Crippen molar-refractivity contribution in [3.8, 4) is 11.9 Å². The van der Waals surface area contributed by atoms with Crippen LogP contribution in [0.2, 0.25) is 0 Å². The van der Waals surface area contributed by atoms with Crippen molar-refractivity contribution in [2.24, 2.45) is 20.5 Å². The summed E-state index contributed by atoms with van der Waals surface area (Å²) < 4.78 is 12.3. The number of aryl methyl sites for hydroxylation is 2. The van der Waals surface area contributed by atoms with Gasteiger partial charge in [0, 0.05) is 11.8 Å². The van der Waals surface area contributed by atoms with Gasteiger partial charge in [-0.25, -0.2) is 4.79 Å². The first-order chi connectivity index (χ1) is 25.2. The van der Waals surface area contributed by atoms with E-state index in [0.717, 1.165) is 38.4 Å². The smallest absolute Gasteiger partial charge is 0.341 e. The van der Waals surface area contributed by atoms with Gasteiger partial charge in [-0.15, -0.1) is 31.8 Å². The summed E-state index contributed by atoms with van der Waals surface area (Å²) in [6.07, 6.45) is 0.793. The molecule has 276 valence electrons. The molecule has 0 atom stereocenters. The van der Waals surface area contributed by atoms with E-state index in [1.165, 1.54) is 14.0 Å². The fourth-order valence-corrected chi connectivity index (χ4v) is 6.97. The number of esters is 1. The third-order valence-corrected chi connectivity index (χ3v) is 9.61. The number of Topliss-reactive ketones (excluding diaryl/α,β-unsaturated/α-hetero) is 1. The van der Waals surface area contributed by atoms with Gasteiger partial charge in [-0.2, -0.15) is 34.5 Å². The first-order valence-electron chi connectivity index (χ1n) is 15.1. The fraction of sp³-hybridized carbons (Fsp3) is 0.276. The number of nitrogens with two attached hydrogens (primary N) is 3. The van der Waals surface area contributed by atoms with Crippen LogP contribution in [-0.2, 0) is 20.9 Å². The minimum Gasteiger partial charge on any atom is -0.478 e. The van der Waals surface area contributed by atoms with Crippen molar-refractivity contribution >= 4 is 90.7 Å². The fourth-order valence-electron chi connectivity index (χ4n) is 4.84. The van der Waals surface area contributed by atoms with Crippen LogP contribution in [0.5, 0.6) is 0 Å². The predicted octanol–water partition coefficient (Wildman–Crippen LogP) is 4.22. The number of carbonyl (C=O) groups is 3. The number of aliphatic hydroxyl groups excluding tert-OH is 1. The minimum atomic E-state index is -0.777. The van der Waals surface area contributed by atoms with Crippen molar-refractivity contribution < 1.29 is 29.0 Å². The summed E-state index contributed by atoms with van der Waals surface area (Å²) in [5.74, 6) is -2.15. The standard InChI is InChI=1S/C29H32N16O6S2/c1-10-16(8-51-9-30)52-25(18(10)26(49)50-6)41-39-20-13(4)43-45(22(20)32)29-36-27(33)35-28(37-29)44-21(31)19(12(3)42-44)38-40-24-17(15(48)7-46)11(2)23(53-24)34-14(5)47/h9,30,46H,7-8,31-32H2,1-6H3,(H,34,47)(H2,33,35,36,37)/b30-9?,40-38+,41-39+. The predicted molar refractivity (Wildman–Crippen MR) is 194 cm³/mol. The lowest BCUT2D eigenvalue weighted by atomic mass is 10.1. The van der Waals surface area contributed by atoms with Gasteiger partial charge >= 0.3 is 5.97 Å². The molecule has 53 heavy (non-hydrogen) atoms. The molecule has 9 N–H and O–H groups in total. The van der Waals surface area contributed by atoms with Crippen LogP contribution < -0.4 is 22.5 Å². The van der Waals surface area contributed by atoms with E-state index in [-0.39, 0.29) is 74.5 Å². The second-order valence-electron chi connectivity index (χ2n) is 10.9. The Morgan fingerprint density at radius 2 is 1.42 bits per heavy atom. The van der Waals surface area contributed by atoms with Crippen molar-refractivity contribution in [3.63, 3.8) is 0 Å². The molecule has 0 radical (unpaired) electrons. The van der Waals surface area contributed by atoms with Gasteiger partial charge in [0.05, 0.1) is 24.1 Å². The number of aliphatic hydroxyl groups is 1. The third-order valence-electron chi connectivity index (χ3n) is 7.37. The van der Waals surface area contributed by atoms with Gasteiger partial charge in [0.2, 0.25) is 11.9 Å². The number of nitrogens with one attached hydrogen (secondary N) is 2. The monoisotopic (exact) mass is 764 g/mol. The highest BCUT2D eigenvalue weighted by atomic mass is 32.1. The molecule has 22 nitrogen and oxygen atoms in total. The SMILES string of the molecule is COC(=O)c1c(/N=N/c2c(C)nn(-c3nc(N)nc(-n4nc(C)c(/N=N/c5sc(NC(C)=O)c(C)c5C(=O)CO)c4N)n3)c2N)sc(COC=N)c1C. The molecule has 0 saturated carbocycles. The number of hydrogen-bond acceptors (Lipinski definition) is 21. The number of thiophene rings is 2. The Balaban J connectivity index is 1.50. The number of nitrogen functional groups attached to an aromatic ring is 3. The van der Waals surface area contributed by atoms with Crippen LogP contribution in [0.4, 0.5) is 44.0 Å². The molecule has 0 aromatic carbocycles. The lowest BCUT2D eigenvalue weighted by molar-refractivity contribution is -0.114. The van der Waals surface area contributed by atoms with E-state index in [9.17, 15) is 19.5 Å². The molecule has 0 unspecified atom stereocenters. The number of amides is 1. The molecule has 1 amide bonds. The molecule has 24 heteroatoms. The topological polar surface area (TPSA) is 328 Å². The quantitative estimate of drug-likeness (QED) is 0.0321. The van der Waals surface area contributed by atoms with Gasteiger partial charge in [-0.3, -0.25) is 15.0 Å². The number of ether oxygens (including phenoxy) is 2. The zero-order chi connectivity index (χ0) is 38.7. The van der Waals surface area contributed by atoms with E-state index in [2.05, 4.69) is 50.9 Å². The van der Waals surface area contributed by atoms with Crippen LogP contribution in [0.15, 0.2) is 20.5 Å². The Morgan fingerprint density at radius 3 is 1.91 bits per heavy atom. The number of methoxy groups -OCH3 is 1. The number of azo groups is 2. The van der Waals surface area contributed by atoms with E-state index in [0.29, 0.717) is 32.4 Å². The summed E-state index contributed by atoms with van der Waals surface area (Å²) in [6, 6.07) is 0. The number of aromatic nitrogens is 7. The van der Waals surface area contributed by atoms with Crippen LogP contribution in [0.3, 0.4) is 0 Å². The Morgan fingerprint density at radius 1 is 0.868 bits per heavy atom. The Kier molecular flexibility index (Phi) is 10.9. The molecule has 0 saturated heterocycles. The number of rotatable bonds is 13. The average molecular weight is 765 g/mol. The Bertz CT molecular complexity index is 2340. The maximum absolute atomic E-state index is 12.6. The number of carbonyl (C=O) groups excluding carboxylic acids is 3. The van der Waals surface area contributed by atoms with Crippen LogP contribution in [0, 0.1) is 33.1 Å². The molecular weight excluding hydrogens is 733 g/mol. The summed E-state index contributed by atoms with van der Waals surface area (Å²) >= 11 is 2.13. The summed E-state index contributed by atoms with van der Waals surface area (Å²) in [6.45, 7) is 7.14. The summed E-state index contributed by atoms with van der Waals surface area (Å²) in [7, 11) is 1.24. The van der Waals surface area contributed by atoms with E-state index >= 15 is 0 Å². The highest BCUT2D eigenvalue weighted by Gasteiger charge is 2.25. The molecule has 5 aromatic heterocycles. The van der Waals surface area contributed by atoms with Crippen LogP contribution in [0.1, 0.15) is 55.0 Å². The van der Waals surface area contributed by atoms with Crippen LogP contribution in [0.25, 0.3) is 11.9 Å². The van der Waals surface area contributed by atoms with Crippen molar-refractivity contribution in [1.82, 2.24) is 34.5 Å². The highest BCUT2D eigenvalue weighted by Crippen LogP contribution is 2.42. The third kappa shape index (κ3) is 7.44. The molecule has 0 aliphatic carbocycles. The van der Waals surface area contributed by atoms with Gasteiger partial charge in [0.25, 0.3) is 11.9 Å². The molecule has 0 fully saturated rings. The Labute approximate surface area is 307 Å². The second-order valence-corrected chi connectivity index (χ2v) is 13.0. The maximum atomic E-state index is 12.6. The van der Waals surface area contributed by atoms with Crippen LogP contribution in [-0.4, -0.2) is 77.4 Å². The molecule has 5 heterocycles. The van der Waals surface area contributed by atoms with E-state index in [4.69, 9.17) is 32.1 Å². The second kappa shape index (κ2) is 15.4. The minimum absolute atomic E-state index is 0.0275. The van der Waals surface area contributed by atoms with Crippen molar-refractivity contribution in [2.45, 2.75) is 41.2 Å². The lowest BCUT2D eigenvalue weighted by Crippen LogP contribution is -2.15. The number of anilines is 4. The van der Waals surface area contributed by atoms with Gasteiger partial charge in [0.15, 0.2) is 45.2 Å². The van der Waals surface area contributed by atoms with E-state index in [1.54, 1.807) is 27.7 Å². The summed E-state index contributed by atoms with van der Waals surface area (Å²) in [5.41, 5.74) is 21.1. The maximum Gasteiger partial charge on any atom is 0.341 e. The Hall–Kier alpha value is -6.53. The molecule has 5 aromatic rings. The number of nitrogens with zero attached hydrogens (tertiary/aromatic N) is 11. The molecule has 0 aliphatic heterocycles. The van der Waals surface area contributed by atoms with Gasteiger partial charge in [0.1, 0.15) is 23.8 Å². The van der Waals surface area contributed by atoms with E-state index < -0.39 is 18.4 Å². The molecule has 0 aliphatic rings. The van der Waals surface area contributed by atoms with Gasteiger partial charge in [-0.1, -0.05) is 11.3 Å². The van der Waals surface area contributed by atoms with Crippen molar-refractivity contribution in [3.05, 3.63) is 38.5 Å². The molecular formula is C29H32N16O6S2. The molecule has 5 rings (SSSR count).